The van der Waals surface area contributed by atoms with Gasteiger partial charge in [-0.05, 0) is 61.6 Å². The fourth-order valence-corrected chi connectivity index (χ4v) is 1.74. The smallest absolute Gasteiger partial charge is 0.252 e. The lowest BCUT2D eigenvalue weighted by atomic mass is 10.2. The Bertz CT molecular complexity index is 489. The molecule has 19 heavy (non-hydrogen) atoms. The number of hydrogen-bond acceptors (Lipinski definition) is 3. The van der Waals surface area contributed by atoms with Gasteiger partial charge in [0.2, 0.25) is 5.91 Å². The average molecular weight is 376 g/mol. The van der Waals surface area contributed by atoms with E-state index in [0.29, 0.717) is 9.13 Å². The van der Waals surface area contributed by atoms with Crippen molar-refractivity contribution >= 4 is 34.4 Å². The molecule has 5 nitrogen and oxygen atoms in total. The van der Waals surface area contributed by atoms with E-state index in [2.05, 4.69) is 10.6 Å². The Morgan fingerprint density at radius 3 is 2.37 bits per heavy atom. The predicted molar refractivity (Wildman–Crippen MR) is 81.0 cm³/mol. The molecule has 104 valence electrons. The van der Waals surface area contributed by atoms with Crippen LogP contribution in [0.5, 0.6) is 5.75 Å². The molecule has 0 aromatic heterocycles. The van der Waals surface area contributed by atoms with Crippen LogP contribution in [0.15, 0.2) is 18.2 Å². The molecule has 0 radical (unpaired) electrons. The van der Waals surface area contributed by atoms with E-state index in [4.69, 9.17) is 0 Å². The highest BCUT2D eigenvalue weighted by Gasteiger charge is 2.17. The SMILES string of the molecule is CC(C)NC(=O)C(C)NC(=O)c1ccc(I)c(O)c1. The maximum Gasteiger partial charge on any atom is 0.252 e. The van der Waals surface area contributed by atoms with Gasteiger partial charge in [-0.25, -0.2) is 0 Å². The van der Waals surface area contributed by atoms with Gasteiger partial charge in [-0.3, -0.25) is 9.59 Å². The first-order valence-electron chi connectivity index (χ1n) is 5.91. The molecule has 1 unspecified atom stereocenters. The largest absolute Gasteiger partial charge is 0.507 e. The standard InChI is InChI=1S/C13H17IN2O3/c1-7(2)15-12(18)8(3)16-13(19)9-4-5-10(14)11(17)6-9/h4-8,17H,1-3H3,(H,15,18)(H,16,19). The molecule has 1 rings (SSSR count). The van der Waals surface area contributed by atoms with Gasteiger partial charge in [-0.15, -0.1) is 0 Å². The number of carbonyl (C=O) groups is 2. The van der Waals surface area contributed by atoms with Crippen molar-refractivity contribution in [3.05, 3.63) is 27.3 Å². The van der Waals surface area contributed by atoms with E-state index in [1.165, 1.54) is 6.07 Å². The van der Waals surface area contributed by atoms with Crippen LogP contribution in [0.2, 0.25) is 0 Å². The van der Waals surface area contributed by atoms with Crippen LogP contribution in [-0.4, -0.2) is 29.0 Å². The van der Waals surface area contributed by atoms with Gasteiger partial charge in [0, 0.05) is 11.6 Å². The van der Waals surface area contributed by atoms with Crippen molar-refractivity contribution in [2.45, 2.75) is 32.9 Å². The highest BCUT2D eigenvalue weighted by molar-refractivity contribution is 14.1. The Morgan fingerprint density at radius 2 is 1.84 bits per heavy atom. The van der Waals surface area contributed by atoms with Crippen LogP contribution in [0.4, 0.5) is 0 Å². The molecule has 6 heteroatoms. The molecule has 0 aliphatic carbocycles. The highest BCUT2D eigenvalue weighted by Crippen LogP contribution is 2.20. The van der Waals surface area contributed by atoms with Gasteiger partial charge in [0.1, 0.15) is 11.8 Å². The zero-order valence-corrected chi connectivity index (χ0v) is 13.2. The Hall–Kier alpha value is -1.31. The van der Waals surface area contributed by atoms with E-state index in [1.54, 1.807) is 19.1 Å². The van der Waals surface area contributed by atoms with Crippen molar-refractivity contribution in [1.29, 1.82) is 0 Å². The second-order valence-electron chi connectivity index (χ2n) is 4.52. The molecule has 0 heterocycles. The summed E-state index contributed by atoms with van der Waals surface area (Å²) in [5, 5.41) is 14.8. The lowest BCUT2D eigenvalue weighted by Crippen LogP contribution is -2.46. The summed E-state index contributed by atoms with van der Waals surface area (Å²) in [5.74, 6) is -0.580. The summed E-state index contributed by atoms with van der Waals surface area (Å²) in [7, 11) is 0. The van der Waals surface area contributed by atoms with Gasteiger partial charge in [0.15, 0.2) is 0 Å². The normalized spacial score (nSPS) is 12.1. The Morgan fingerprint density at radius 1 is 1.21 bits per heavy atom. The maximum atomic E-state index is 11.9. The predicted octanol–water partition coefficient (Wildman–Crippen LogP) is 1.64. The molecule has 2 amide bonds. The van der Waals surface area contributed by atoms with Crippen LogP contribution in [-0.2, 0) is 4.79 Å². The second-order valence-corrected chi connectivity index (χ2v) is 5.69. The highest BCUT2D eigenvalue weighted by atomic mass is 127. The van der Waals surface area contributed by atoms with E-state index in [-0.39, 0.29) is 17.7 Å². The molecule has 3 N–H and O–H groups in total. The van der Waals surface area contributed by atoms with E-state index in [9.17, 15) is 14.7 Å². The van der Waals surface area contributed by atoms with Crippen LogP contribution in [0.3, 0.4) is 0 Å². The first kappa shape index (κ1) is 15.7. The first-order chi connectivity index (χ1) is 8.81. The molecule has 1 aromatic carbocycles. The monoisotopic (exact) mass is 376 g/mol. The summed E-state index contributed by atoms with van der Waals surface area (Å²) in [4.78, 5) is 23.6. The van der Waals surface area contributed by atoms with Crippen molar-refractivity contribution in [1.82, 2.24) is 10.6 Å². The first-order valence-corrected chi connectivity index (χ1v) is 6.99. The molecule has 0 bridgehead atoms. The van der Waals surface area contributed by atoms with Gasteiger partial charge in [-0.2, -0.15) is 0 Å². The molecule has 0 spiro atoms. The molecule has 0 saturated heterocycles. The molecular weight excluding hydrogens is 359 g/mol. The molecule has 1 aromatic rings. The minimum Gasteiger partial charge on any atom is -0.507 e. The quantitative estimate of drug-likeness (QED) is 0.700. The van der Waals surface area contributed by atoms with E-state index in [0.717, 1.165) is 0 Å². The van der Waals surface area contributed by atoms with E-state index in [1.807, 2.05) is 36.4 Å². The molecule has 0 fully saturated rings. The lowest BCUT2D eigenvalue weighted by Gasteiger charge is -2.16. The van der Waals surface area contributed by atoms with Gasteiger partial charge < -0.3 is 15.7 Å². The topological polar surface area (TPSA) is 78.4 Å². The van der Waals surface area contributed by atoms with Crippen molar-refractivity contribution in [3.63, 3.8) is 0 Å². The summed E-state index contributed by atoms with van der Waals surface area (Å²) in [6, 6.07) is 4.02. The Kier molecular flexibility index (Phi) is 5.59. The number of halogens is 1. The van der Waals surface area contributed by atoms with E-state index >= 15 is 0 Å². The Labute approximate surface area is 125 Å². The molecular formula is C13H17IN2O3. The van der Waals surface area contributed by atoms with Crippen LogP contribution in [0.1, 0.15) is 31.1 Å². The average Bonchev–Trinajstić information content (AvgIpc) is 2.31. The number of phenols is 1. The summed E-state index contributed by atoms with van der Waals surface area (Å²) >= 11 is 1.97. The van der Waals surface area contributed by atoms with Crippen molar-refractivity contribution in [2.75, 3.05) is 0 Å². The van der Waals surface area contributed by atoms with Crippen LogP contribution in [0.25, 0.3) is 0 Å². The van der Waals surface area contributed by atoms with Crippen LogP contribution >= 0.6 is 22.6 Å². The molecule has 0 saturated carbocycles. The number of phenolic OH excluding ortho intramolecular Hbond substituents is 1. The third-order valence-electron chi connectivity index (χ3n) is 2.38. The van der Waals surface area contributed by atoms with Gasteiger partial charge in [-0.1, -0.05) is 0 Å². The number of benzene rings is 1. The molecule has 0 aliphatic rings. The summed E-state index contributed by atoms with van der Waals surface area (Å²) in [5.41, 5.74) is 0.321. The minimum absolute atomic E-state index is 0.0224. The summed E-state index contributed by atoms with van der Waals surface area (Å²) in [6.07, 6.45) is 0. The van der Waals surface area contributed by atoms with Crippen molar-refractivity contribution in [2.24, 2.45) is 0 Å². The zero-order valence-electron chi connectivity index (χ0n) is 11.0. The number of nitrogens with one attached hydrogen (secondary N) is 2. The van der Waals surface area contributed by atoms with Crippen LogP contribution < -0.4 is 10.6 Å². The molecule has 1 atom stereocenters. The van der Waals surface area contributed by atoms with Gasteiger partial charge in [0.05, 0.1) is 3.57 Å². The maximum absolute atomic E-state index is 11.9. The number of amides is 2. The van der Waals surface area contributed by atoms with Gasteiger partial charge >= 0.3 is 0 Å². The second kappa shape index (κ2) is 6.74. The van der Waals surface area contributed by atoms with Crippen molar-refractivity contribution in [3.8, 4) is 5.75 Å². The van der Waals surface area contributed by atoms with Crippen molar-refractivity contribution < 1.29 is 14.7 Å². The van der Waals surface area contributed by atoms with E-state index < -0.39 is 11.9 Å². The van der Waals surface area contributed by atoms with Gasteiger partial charge in [0.25, 0.3) is 5.91 Å². The lowest BCUT2D eigenvalue weighted by molar-refractivity contribution is -0.123. The third-order valence-corrected chi connectivity index (χ3v) is 3.29. The fourth-order valence-electron chi connectivity index (χ4n) is 1.41. The number of hydrogen-bond donors (Lipinski definition) is 3. The molecule has 0 aliphatic heterocycles. The van der Waals surface area contributed by atoms with Crippen LogP contribution in [0, 0.1) is 3.57 Å². The minimum atomic E-state index is -0.628. The summed E-state index contributed by atoms with van der Waals surface area (Å²) in [6.45, 7) is 5.31. The fraction of sp³-hybridized carbons (Fsp3) is 0.385. The number of rotatable bonds is 4. The third kappa shape index (κ3) is 4.70. The zero-order chi connectivity index (χ0) is 14.6. The Balaban J connectivity index is 2.68. The number of aromatic hydroxyl groups is 1. The number of carbonyl (C=O) groups excluding carboxylic acids is 2. The summed E-state index contributed by atoms with van der Waals surface area (Å²) < 4.78 is 0.666.